The molecule has 0 aliphatic heterocycles. The molecule has 14 heteroatoms. The number of alkyl halides is 3. The van der Waals surface area contributed by atoms with E-state index in [1.807, 2.05) is 0 Å². The van der Waals surface area contributed by atoms with Crippen LogP contribution < -0.4 is 26.5 Å². The third kappa shape index (κ3) is 4.57. The molecule has 5 aromatic rings. The fourth-order valence-electron chi connectivity index (χ4n) is 3.81. The van der Waals surface area contributed by atoms with E-state index >= 15 is 0 Å². The van der Waals surface area contributed by atoms with Crippen LogP contribution in [0.5, 0.6) is 0 Å². The summed E-state index contributed by atoms with van der Waals surface area (Å²) in [4.78, 5) is 32.8. The Balaban J connectivity index is 1.40. The first-order chi connectivity index (χ1) is 18.1. The van der Waals surface area contributed by atoms with Crippen molar-refractivity contribution in [1.82, 2.24) is 19.1 Å². The number of pyridine rings is 1. The van der Waals surface area contributed by atoms with Crippen LogP contribution in [0.4, 0.5) is 35.2 Å². The van der Waals surface area contributed by atoms with Crippen LogP contribution in [0.3, 0.4) is 0 Å². The molecule has 0 bridgehead atoms. The molecule has 4 N–H and O–H groups in total. The van der Waals surface area contributed by atoms with Crippen LogP contribution in [0.2, 0.25) is 0 Å². The summed E-state index contributed by atoms with van der Waals surface area (Å²) in [5, 5.41) is 16.7. The average Bonchev–Trinajstić information content (AvgIpc) is 3.41. The van der Waals surface area contributed by atoms with Crippen molar-refractivity contribution in [2.24, 2.45) is 0 Å². The molecule has 3 aromatic heterocycles. The molecule has 38 heavy (non-hydrogen) atoms. The third-order valence-corrected chi connectivity index (χ3v) is 5.61. The first-order valence-electron chi connectivity index (χ1n) is 10.9. The minimum atomic E-state index is -4.60. The quantitative estimate of drug-likeness (QED) is 0.243. The lowest BCUT2D eigenvalue weighted by molar-refractivity contribution is -0.591. The van der Waals surface area contributed by atoms with Crippen molar-refractivity contribution >= 4 is 34.3 Å². The zero-order valence-corrected chi connectivity index (χ0v) is 19.2. The number of halogens is 3. The van der Waals surface area contributed by atoms with E-state index in [-0.39, 0.29) is 28.2 Å². The first kappa shape index (κ1) is 24.3. The van der Waals surface area contributed by atoms with Gasteiger partial charge in [0, 0.05) is 36.0 Å². The van der Waals surface area contributed by atoms with E-state index in [4.69, 9.17) is 5.73 Å². The molecular formula is C24H17F3N8O3. The van der Waals surface area contributed by atoms with Crippen molar-refractivity contribution in [1.29, 1.82) is 0 Å². The standard InChI is InChI=1S/C24H17F3N8O3/c25-24(26,27)14-1-6-18(33-10-8-29-12-33)17(11-14)32-23(37)31-15-2-4-16(5-3-15)34-9-7-19(36)20-21(28)35(38)13-30-22(20)34/h1-13H,28H2,(H2,31,32,37). The number of aromatic nitrogens is 5. The Bertz CT molecular complexity index is 1720. The summed E-state index contributed by atoms with van der Waals surface area (Å²) in [5.74, 6) is -0.283. The molecule has 0 fully saturated rings. The molecule has 0 aliphatic rings. The zero-order chi connectivity index (χ0) is 27.0. The summed E-state index contributed by atoms with van der Waals surface area (Å²) in [7, 11) is 0. The van der Waals surface area contributed by atoms with Crippen LogP contribution in [0.15, 0.2) is 84.6 Å². The molecule has 5 rings (SSSR count). The van der Waals surface area contributed by atoms with Crippen molar-refractivity contribution in [3.05, 3.63) is 101 Å². The molecule has 2 aromatic carbocycles. The highest BCUT2D eigenvalue weighted by Gasteiger charge is 2.31. The summed E-state index contributed by atoms with van der Waals surface area (Å²) in [5.41, 5.74) is 5.61. The Morgan fingerprint density at radius 1 is 1.05 bits per heavy atom. The van der Waals surface area contributed by atoms with E-state index in [0.717, 1.165) is 18.5 Å². The average molecular weight is 522 g/mol. The van der Waals surface area contributed by atoms with Gasteiger partial charge in [0.2, 0.25) is 17.8 Å². The molecule has 3 heterocycles. The second-order valence-corrected chi connectivity index (χ2v) is 8.03. The zero-order valence-electron chi connectivity index (χ0n) is 19.2. The molecule has 0 saturated carbocycles. The number of imidazole rings is 1. The number of carbonyl (C=O) groups is 1. The number of carbonyl (C=O) groups excluding carboxylic acids is 1. The number of nitrogen functional groups attached to an aromatic ring is 1. The number of nitrogens with one attached hydrogen (secondary N) is 2. The molecule has 0 unspecified atom stereocenters. The number of benzene rings is 2. The first-order valence-corrected chi connectivity index (χ1v) is 10.9. The lowest BCUT2D eigenvalue weighted by atomic mass is 10.1. The van der Waals surface area contributed by atoms with Gasteiger partial charge in [-0.1, -0.05) is 4.98 Å². The van der Waals surface area contributed by atoms with Crippen LogP contribution in [0.25, 0.3) is 22.4 Å². The number of fused-ring (bicyclic) bond motifs is 1. The highest BCUT2D eigenvalue weighted by molar-refractivity contribution is 6.01. The van der Waals surface area contributed by atoms with Gasteiger partial charge in [-0.15, -0.1) is 0 Å². The van der Waals surface area contributed by atoms with Gasteiger partial charge in [-0.05, 0) is 42.5 Å². The molecule has 2 amide bonds. The molecule has 0 spiro atoms. The Kier molecular flexibility index (Phi) is 5.91. The van der Waals surface area contributed by atoms with Gasteiger partial charge in [-0.2, -0.15) is 13.2 Å². The number of anilines is 3. The summed E-state index contributed by atoms with van der Waals surface area (Å²) in [6.45, 7) is 0. The molecule has 11 nitrogen and oxygen atoms in total. The molecule has 0 aliphatic carbocycles. The predicted molar refractivity (Wildman–Crippen MR) is 132 cm³/mol. The smallest absolute Gasteiger partial charge is 0.416 e. The number of urea groups is 1. The van der Waals surface area contributed by atoms with Crippen molar-refractivity contribution < 1.29 is 22.7 Å². The minimum Gasteiger partial charge on any atom is -0.740 e. The van der Waals surface area contributed by atoms with Crippen LogP contribution in [0, 0.1) is 5.21 Å². The summed E-state index contributed by atoms with van der Waals surface area (Å²) >= 11 is 0. The predicted octanol–water partition coefficient (Wildman–Crippen LogP) is 3.45. The number of nitrogens with two attached hydrogens (primary N) is 1. The van der Waals surface area contributed by atoms with Crippen molar-refractivity contribution in [2.75, 3.05) is 16.4 Å². The van der Waals surface area contributed by atoms with E-state index in [1.165, 1.54) is 46.2 Å². The van der Waals surface area contributed by atoms with Crippen LogP contribution in [-0.4, -0.2) is 25.1 Å². The van der Waals surface area contributed by atoms with Gasteiger partial charge in [0.1, 0.15) is 0 Å². The summed E-state index contributed by atoms with van der Waals surface area (Å²) < 4.78 is 43.1. The molecule has 0 saturated heterocycles. The van der Waals surface area contributed by atoms with Gasteiger partial charge in [0.05, 0.1) is 23.3 Å². The Morgan fingerprint density at radius 3 is 2.50 bits per heavy atom. The summed E-state index contributed by atoms with van der Waals surface area (Å²) in [6, 6.07) is 9.76. The van der Waals surface area contributed by atoms with Crippen LogP contribution >= 0.6 is 0 Å². The van der Waals surface area contributed by atoms with Gasteiger partial charge in [0.15, 0.2) is 10.8 Å². The molecule has 0 radical (unpaired) electrons. The lowest BCUT2D eigenvalue weighted by Gasteiger charge is -2.16. The van der Waals surface area contributed by atoms with E-state index in [2.05, 4.69) is 20.6 Å². The van der Waals surface area contributed by atoms with Crippen molar-refractivity contribution in [3.8, 4) is 11.4 Å². The molecule has 0 atom stereocenters. The number of hydrogen-bond donors (Lipinski definition) is 3. The van der Waals surface area contributed by atoms with E-state index in [1.54, 1.807) is 24.3 Å². The van der Waals surface area contributed by atoms with Gasteiger partial charge in [0.25, 0.3) is 0 Å². The molecule has 192 valence electrons. The fraction of sp³-hybridized carbons (Fsp3) is 0.0417. The second kappa shape index (κ2) is 9.24. The fourth-order valence-corrected chi connectivity index (χ4v) is 3.81. The number of amides is 2. The van der Waals surface area contributed by atoms with E-state index < -0.39 is 23.2 Å². The SMILES string of the molecule is Nc1c2c(=O)ccn(-c3ccc(NC(=O)Nc4cc(C(F)(F)F)ccc4-n4ccnc4)cc3)c2nc[n+]1[O-]. The van der Waals surface area contributed by atoms with Crippen molar-refractivity contribution in [2.45, 2.75) is 6.18 Å². The largest absolute Gasteiger partial charge is 0.740 e. The summed E-state index contributed by atoms with van der Waals surface area (Å²) in [6.07, 6.45) is 2.19. The van der Waals surface area contributed by atoms with Gasteiger partial charge >= 0.3 is 12.2 Å². The Morgan fingerprint density at radius 2 is 1.82 bits per heavy atom. The third-order valence-electron chi connectivity index (χ3n) is 5.61. The molecular weight excluding hydrogens is 505 g/mol. The number of hydrogen-bond acceptors (Lipinski definition) is 6. The van der Waals surface area contributed by atoms with Crippen LogP contribution in [-0.2, 0) is 6.18 Å². The number of rotatable bonds is 4. The van der Waals surface area contributed by atoms with E-state index in [9.17, 15) is 28.0 Å². The normalized spacial score (nSPS) is 11.4. The maximum Gasteiger partial charge on any atom is 0.416 e. The maximum absolute atomic E-state index is 13.3. The van der Waals surface area contributed by atoms with Crippen LogP contribution in [0.1, 0.15) is 5.56 Å². The Hall–Kier alpha value is -5.40. The Labute approximate surface area is 211 Å². The topological polar surface area (TPSA) is 147 Å². The van der Waals surface area contributed by atoms with Gasteiger partial charge < -0.3 is 26.1 Å². The minimum absolute atomic E-state index is 0.0404. The number of nitrogens with zero attached hydrogens (tertiary/aromatic N) is 5. The highest BCUT2D eigenvalue weighted by atomic mass is 19.4. The van der Waals surface area contributed by atoms with E-state index in [0.29, 0.717) is 16.1 Å². The lowest BCUT2D eigenvalue weighted by Crippen LogP contribution is -2.33. The van der Waals surface area contributed by atoms with Gasteiger partial charge in [-0.3, -0.25) is 14.1 Å². The second-order valence-electron chi connectivity index (χ2n) is 8.03. The monoisotopic (exact) mass is 522 g/mol. The highest BCUT2D eigenvalue weighted by Crippen LogP contribution is 2.33. The van der Waals surface area contributed by atoms with Gasteiger partial charge in [-0.25, -0.2) is 9.78 Å². The van der Waals surface area contributed by atoms with Crippen molar-refractivity contribution in [3.63, 3.8) is 0 Å². The maximum atomic E-state index is 13.3.